The molecule has 0 saturated carbocycles. The number of fused-ring (bicyclic) bond motifs is 1. The number of aromatic nitrogens is 2. The Morgan fingerprint density at radius 3 is 3.29 bits per heavy atom. The topological polar surface area (TPSA) is 64.6 Å². The van der Waals surface area contributed by atoms with Crippen molar-refractivity contribution in [3.8, 4) is 0 Å². The van der Waals surface area contributed by atoms with E-state index in [0.29, 0.717) is 25.4 Å². The van der Waals surface area contributed by atoms with Crippen molar-refractivity contribution >= 4 is 5.91 Å². The predicted octanol–water partition coefficient (Wildman–Crippen LogP) is 1.13. The van der Waals surface area contributed by atoms with Crippen LogP contribution in [0.5, 0.6) is 0 Å². The Morgan fingerprint density at radius 1 is 1.62 bits per heavy atom. The van der Waals surface area contributed by atoms with Gasteiger partial charge in [0, 0.05) is 38.4 Å². The molecule has 114 valence electrons. The number of likely N-dealkylation sites (tertiary alicyclic amines) is 1. The second-order valence-electron chi connectivity index (χ2n) is 5.87. The van der Waals surface area contributed by atoms with Gasteiger partial charge in [0.25, 0.3) is 5.91 Å². The number of nitrogens with zero attached hydrogens (tertiary/aromatic N) is 3. The smallest absolute Gasteiger partial charge is 0.272 e. The molecule has 2 aliphatic heterocycles. The van der Waals surface area contributed by atoms with E-state index in [-0.39, 0.29) is 17.4 Å². The highest BCUT2D eigenvalue weighted by Gasteiger charge is 2.47. The van der Waals surface area contributed by atoms with Gasteiger partial charge in [0.2, 0.25) is 0 Å². The standard InChI is InChI=1S/C15H21N3O3/c1-20-10-15-5-2-8-21-13(15)4-7-18(9-15)14(19)12-3-6-16-11-17-12/h3,6,11,13H,2,4-5,7-10H2,1H3. The number of ether oxygens (including phenoxy) is 2. The molecule has 1 aromatic heterocycles. The maximum Gasteiger partial charge on any atom is 0.272 e. The lowest BCUT2D eigenvalue weighted by Crippen LogP contribution is -2.58. The van der Waals surface area contributed by atoms with Crippen molar-refractivity contribution in [1.29, 1.82) is 0 Å². The minimum absolute atomic E-state index is 0.0306. The molecule has 0 aromatic carbocycles. The molecular formula is C15H21N3O3. The molecule has 3 rings (SSSR count). The van der Waals surface area contributed by atoms with E-state index in [1.807, 2.05) is 4.90 Å². The zero-order chi connectivity index (χ0) is 14.7. The van der Waals surface area contributed by atoms with Gasteiger partial charge in [-0.05, 0) is 25.3 Å². The maximum atomic E-state index is 12.6. The fraction of sp³-hybridized carbons (Fsp3) is 0.667. The lowest BCUT2D eigenvalue weighted by Gasteiger charge is -2.50. The van der Waals surface area contributed by atoms with Crippen molar-refractivity contribution in [1.82, 2.24) is 14.9 Å². The van der Waals surface area contributed by atoms with Crippen LogP contribution in [0.15, 0.2) is 18.6 Å². The molecular weight excluding hydrogens is 270 g/mol. The van der Waals surface area contributed by atoms with Crippen molar-refractivity contribution in [2.24, 2.45) is 5.41 Å². The van der Waals surface area contributed by atoms with Gasteiger partial charge in [0.1, 0.15) is 12.0 Å². The number of hydrogen-bond acceptors (Lipinski definition) is 5. The number of methoxy groups -OCH3 is 1. The highest BCUT2D eigenvalue weighted by molar-refractivity contribution is 5.92. The number of carbonyl (C=O) groups is 1. The second-order valence-corrected chi connectivity index (χ2v) is 5.87. The van der Waals surface area contributed by atoms with Gasteiger partial charge in [-0.3, -0.25) is 4.79 Å². The first kappa shape index (κ1) is 14.4. The summed E-state index contributed by atoms with van der Waals surface area (Å²) in [6, 6.07) is 1.66. The molecule has 6 nitrogen and oxygen atoms in total. The average molecular weight is 291 g/mol. The summed E-state index contributed by atoms with van der Waals surface area (Å²) in [5.74, 6) is -0.0306. The molecule has 0 bridgehead atoms. The molecule has 0 spiro atoms. The number of piperidine rings is 1. The van der Waals surface area contributed by atoms with Crippen LogP contribution < -0.4 is 0 Å². The van der Waals surface area contributed by atoms with Gasteiger partial charge in [0.05, 0.1) is 12.7 Å². The second kappa shape index (κ2) is 6.07. The Kier molecular flexibility index (Phi) is 4.17. The van der Waals surface area contributed by atoms with Crippen LogP contribution in [0.4, 0.5) is 0 Å². The monoisotopic (exact) mass is 291 g/mol. The first-order valence-corrected chi connectivity index (χ1v) is 7.41. The van der Waals surface area contributed by atoms with Gasteiger partial charge in [-0.1, -0.05) is 0 Å². The Labute approximate surface area is 124 Å². The zero-order valence-electron chi connectivity index (χ0n) is 12.3. The molecule has 21 heavy (non-hydrogen) atoms. The molecule has 2 unspecified atom stereocenters. The van der Waals surface area contributed by atoms with Crippen molar-refractivity contribution in [3.63, 3.8) is 0 Å². The summed E-state index contributed by atoms with van der Waals surface area (Å²) in [7, 11) is 1.71. The molecule has 1 amide bonds. The third-order valence-electron chi connectivity index (χ3n) is 4.51. The van der Waals surface area contributed by atoms with Crippen LogP contribution in [0.1, 0.15) is 29.8 Å². The van der Waals surface area contributed by atoms with Crippen LogP contribution in [-0.4, -0.2) is 60.3 Å². The maximum absolute atomic E-state index is 12.6. The van der Waals surface area contributed by atoms with Crippen molar-refractivity contribution in [2.75, 3.05) is 33.4 Å². The quantitative estimate of drug-likeness (QED) is 0.835. The van der Waals surface area contributed by atoms with Gasteiger partial charge >= 0.3 is 0 Å². The lowest BCUT2D eigenvalue weighted by atomic mass is 9.73. The number of amides is 1. The molecule has 2 aliphatic rings. The molecule has 0 N–H and O–H groups in total. The SMILES string of the molecule is COCC12CCCOC1CCN(C(=O)c1ccncn1)C2. The highest BCUT2D eigenvalue weighted by atomic mass is 16.5. The van der Waals surface area contributed by atoms with Gasteiger partial charge in [-0.2, -0.15) is 0 Å². The first-order valence-electron chi connectivity index (χ1n) is 7.41. The molecule has 6 heteroatoms. The molecule has 3 heterocycles. The van der Waals surface area contributed by atoms with Gasteiger partial charge in [-0.25, -0.2) is 9.97 Å². The van der Waals surface area contributed by atoms with Crippen LogP contribution in [-0.2, 0) is 9.47 Å². The summed E-state index contributed by atoms with van der Waals surface area (Å²) in [6.45, 7) is 2.83. The summed E-state index contributed by atoms with van der Waals surface area (Å²) in [5.41, 5.74) is 0.376. The van der Waals surface area contributed by atoms with E-state index >= 15 is 0 Å². The molecule has 0 aliphatic carbocycles. The average Bonchev–Trinajstić information content (AvgIpc) is 2.54. The third-order valence-corrected chi connectivity index (χ3v) is 4.51. The van der Waals surface area contributed by atoms with E-state index in [1.165, 1.54) is 6.33 Å². The van der Waals surface area contributed by atoms with E-state index in [0.717, 1.165) is 25.9 Å². The van der Waals surface area contributed by atoms with E-state index in [1.54, 1.807) is 19.4 Å². The molecule has 1 aromatic rings. The number of rotatable bonds is 3. The molecule has 2 saturated heterocycles. The van der Waals surface area contributed by atoms with E-state index in [9.17, 15) is 4.79 Å². The van der Waals surface area contributed by atoms with Crippen LogP contribution >= 0.6 is 0 Å². The third kappa shape index (κ3) is 2.78. The summed E-state index contributed by atoms with van der Waals surface area (Å²) in [4.78, 5) is 22.4. The Bertz CT molecular complexity index is 492. The molecule has 2 fully saturated rings. The first-order chi connectivity index (χ1) is 10.2. The Balaban J connectivity index is 1.78. The van der Waals surface area contributed by atoms with Crippen molar-refractivity contribution in [3.05, 3.63) is 24.3 Å². The number of hydrogen-bond donors (Lipinski definition) is 0. The lowest BCUT2D eigenvalue weighted by molar-refractivity contribution is -0.142. The largest absolute Gasteiger partial charge is 0.384 e. The molecule has 2 atom stereocenters. The van der Waals surface area contributed by atoms with Crippen molar-refractivity contribution < 1.29 is 14.3 Å². The number of carbonyl (C=O) groups excluding carboxylic acids is 1. The fourth-order valence-electron chi connectivity index (χ4n) is 3.54. The van der Waals surface area contributed by atoms with Gasteiger partial charge < -0.3 is 14.4 Å². The van der Waals surface area contributed by atoms with E-state index in [4.69, 9.17) is 9.47 Å². The van der Waals surface area contributed by atoms with Crippen LogP contribution in [0.2, 0.25) is 0 Å². The Hall–Kier alpha value is -1.53. The summed E-state index contributed by atoms with van der Waals surface area (Å²) >= 11 is 0. The van der Waals surface area contributed by atoms with E-state index in [2.05, 4.69) is 9.97 Å². The summed E-state index contributed by atoms with van der Waals surface area (Å²) < 4.78 is 11.4. The van der Waals surface area contributed by atoms with Gasteiger partial charge in [0.15, 0.2) is 0 Å². The highest BCUT2D eigenvalue weighted by Crippen LogP contribution is 2.40. The van der Waals surface area contributed by atoms with Crippen LogP contribution in [0, 0.1) is 5.41 Å². The summed E-state index contributed by atoms with van der Waals surface area (Å²) in [6.07, 6.45) is 6.13. The minimum Gasteiger partial charge on any atom is -0.384 e. The normalized spacial score (nSPS) is 29.0. The predicted molar refractivity (Wildman–Crippen MR) is 75.8 cm³/mol. The Morgan fingerprint density at radius 2 is 2.52 bits per heavy atom. The zero-order valence-corrected chi connectivity index (χ0v) is 12.3. The van der Waals surface area contributed by atoms with Gasteiger partial charge in [-0.15, -0.1) is 0 Å². The van der Waals surface area contributed by atoms with Crippen molar-refractivity contribution in [2.45, 2.75) is 25.4 Å². The van der Waals surface area contributed by atoms with Crippen LogP contribution in [0.3, 0.4) is 0 Å². The molecule has 0 radical (unpaired) electrons. The fourth-order valence-corrected chi connectivity index (χ4v) is 3.54. The van der Waals surface area contributed by atoms with E-state index < -0.39 is 0 Å². The van der Waals surface area contributed by atoms with Crippen LogP contribution in [0.25, 0.3) is 0 Å². The minimum atomic E-state index is -0.0755. The summed E-state index contributed by atoms with van der Waals surface area (Å²) in [5, 5.41) is 0.